The van der Waals surface area contributed by atoms with Crippen LogP contribution in [0.4, 0.5) is 0 Å². The van der Waals surface area contributed by atoms with E-state index in [1.54, 1.807) is 0 Å². The number of aliphatic hydroxyl groups is 1. The van der Waals surface area contributed by atoms with Crippen molar-refractivity contribution in [2.45, 2.75) is 13.3 Å². The van der Waals surface area contributed by atoms with E-state index in [4.69, 9.17) is 8.91 Å². The number of aliphatic hydroxyl groups excluding tert-OH is 1. The second-order valence-corrected chi connectivity index (χ2v) is 3.05. The van der Waals surface area contributed by atoms with Gasteiger partial charge in [-0.1, -0.05) is 0 Å². The standard InChI is InChI=1S/C8H19N3O.CH3.Cr.O/c1-4-9-8(12)10-6-5-7-11(2)3;;;/h4-7H2,1-3H3,(H2,9,10,12);1H3;;/q;-1;;/p+1. The van der Waals surface area contributed by atoms with Crippen molar-refractivity contribution < 1.29 is 30.0 Å². The average Bonchev–Trinajstić information content (AvgIpc) is 2.16. The molecule has 0 radical (unpaired) electrons. The van der Waals surface area contributed by atoms with Crippen LogP contribution in [0.15, 0.2) is 4.99 Å². The number of rotatable bonds is 5. The quantitative estimate of drug-likeness (QED) is 0.266. The Labute approximate surface area is 101 Å². The van der Waals surface area contributed by atoms with E-state index in [1.165, 1.54) is 21.1 Å². The molecule has 0 aromatic carbocycles. The van der Waals surface area contributed by atoms with Gasteiger partial charge in [-0.2, -0.15) is 0 Å². The van der Waals surface area contributed by atoms with Crippen LogP contribution in [0.1, 0.15) is 13.3 Å². The normalized spacial score (nSPS) is 10.0. The number of amidine groups is 1. The van der Waals surface area contributed by atoms with Crippen molar-refractivity contribution in [3.63, 3.8) is 0 Å². The Kier molecular flexibility index (Phi) is 21.4. The van der Waals surface area contributed by atoms with E-state index < -0.39 is 0 Å². The van der Waals surface area contributed by atoms with Crippen LogP contribution < -0.4 is 10.2 Å². The Balaban J connectivity index is -0.000000449. The fraction of sp³-hybridized carbons (Fsp3) is 0.778. The molecule has 0 saturated heterocycles. The molecule has 0 spiro atoms. The van der Waals surface area contributed by atoms with Crippen molar-refractivity contribution in [3.8, 4) is 0 Å². The predicted molar refractivity (Wildman–Crippen MR) is 58.0 cm³/mol. The van der Waals surface area contributed by atoms with Crippen molar-refractivity contribution in [1.82, 2.24) is 5.32 Å². The van der Waals surface area contributed by atoms with E-state index in [0.717, 1.165) is 13.0 Å². The second kappa shape index (κ2) is 16.0. The van der Waals surface area contributed by atoms with Gasteiger partial charge in [0.1, 0.15) is 0 Å². The third-order valence-electron chi connectivity index (χ3n) is 1.43. The van der Waals surface area contributed by atoms with E-state index in [0.29, 0.717) is 13.1 Å². The number of nitrogens with one attached hydrogen (secondary N) is 2. The molecular formula is C9H23CrN3O2. The molecule has 0 aliphatic carbocycles. The first-order valence-corrected chi connectivity index (χ1v) is 5.11. The Morgan fingerprint density at radius 1 is 1.47 bits per heavy atom. The summed E-state index contributed by atoms with van der Waals surface area (Å²) in [5.74, 6) is 0. The molecule has 0 unspecified atom stereocenters. The monoisotopic (exact) mass is 257 g/mol. The van der Waals surface area contributed by atoms with Gasteiger partial charge in [-0.15, -0.1) is 0 Å². The summed E-state index contributed by atoms with van der Waals surface area (Å²) in [6, 6.07) is 0.0613. The van der Waals surface area contributed by atoms with Crippen LogP contribution in [-0.2, 0) is 20.0 Å². The van der Waals surface area contributed by atoms with E-state index in [2.05, 4.69) is 24.4 Å². The van der Waals surface area contributed by atoms with E-state index in [9.17, 15) is 0 Å². The molecular weight excluding hydrogens is 234 g/mol. The van der Waals surface area contributed by atoms with Gasteiger partial charge in [0, 0.05) is 19.5 Å². The summed E-state index contributed by atoms with van der Waals surface area (Å²) in [5.41, 5.74) is 0. The van der Waals surface area contributed by atoms with Gasteiger partial charge < -0.3 is 22.7 Å². The van der Waals surface area contributed by atoms with Gasteiger partial charge in [-0.05, 0) is 6.92 Å². The van der Waals surface area contributed by atoms with Gasteiger partial charge in [0.25, 0.3) is 6.02 Å². The summed E-state index contributed by atoms with van der Waals surface area (Å²) >= 11 is 1.38. The zero-order valence-corrected chi connectivity index (χ0v) is 11.3. The molecule has 0 atom stereocenters. The van der Waals surface area contributed by atoms with E-state index in [-0.39, 0.29) is 13.4 Å². The van der Waals surface area contributed by atoms with Gasteiger partial charge in [-0.25, -0.2) is 4.99 Å². The summed E-state index contributed by atoms with van der Waals surface area (Å²) < 4.78 is 8.12. The van der Waals surface area contributed by atoms with Crippen LogP contribution in [0, 0.1) is 7.43 Å². The molecule has 0 heterocycles. The van der Waals surface area contributed by atoms with Crippen LogP contribution in [0.5, 0.6) is 0 Å². The molecule has 15 heavy (non-hydrogen) atoms. The maximum atomic E-state index is 9.05. The molecule has 0 aliphatic rings. The summed E-state index contributed by atoms with van der Waals surface area (Å²) in [6.45, 7) is 4.43. The SMILES string of the molecule is CCNC(O)=NCCC[NH+](C)C.[CH3-].[O]=[Cr]. The molecule has 0 fully saturated rings. The van der Waals surface area contributed by atoms with Crippen LogP contribution in [0.3, 0.4) is 0 Å². The van der Waals surface area contributed by atoms with Gasteiger partial charge in [0.05, 0.1) is 20.6 Å². The number of nitrogens with zero attached hydrogens (tertiary/aromatic N) is 1. The second-order valence-electron chi connectivity index (χ2n) is 3.05. The summed E-state index contributed by atoms with van der Waals surface area (Å²) in [4.78, 5) is 5.34. The molecule has 92 valence electrons. The summed E-state index contributed by atoms with van der Waals surface area (Å²) in [5, 5.41) is 11.8. The van der Waals surface area contributed by atoms with Crippen molar-refractivity contribution >= 4 is 6.02 Å². The summed E-state index contributed by atoms with van der Waals surface area (Å²) in [6.07, 6.45) is 1.01. The Bertz CT molecular complexity index is 154. The first kappa shape index (κ1) is 20.0. The van der Waals surface area contributed by atoms with Gasteiger partial charge in [0.15, 0.2) is 0 Å². The van der Waals surface area contributed by atoms with Crippen molar-refractivity contribution in [3.05, 3.63) is 7.43 Å². The summed E-state index contributed by atoms with van der Waals surface area (Å²) in [7, 11) is 4.21. The molecule has 0 aromatic heterocycles. The Morgan fingerprint density at radius 2 is 2.00 bits per heavy atom. The van der Waals surface area contributed by atoms with Gasteiger partial charge in [-0.3, -0.25) is 0 Å². The molecule has 0 aromatic rings. The Hall–Kier alpha value is -0.438. The first-order valence-electron chi connectivity index (χ1n) is 4.59. The molecule has 0 aliphatic heterocycles. The molecule has 6 heteroatoms. The van der Waals surface area contributed by atoms with Crippen LogP contribution in [0.2, 0.25) is 0 Å². The maximum absolute atomic E-state index is 9.05. The molecule has 3 N–H and O–H groups in total. The molecule has 0 amide bonds. The molecule has 0 rings (SSSR count). The fourth-order valence-electron chi connectivity index (χ4n) is 0.832. The fourth-order valence-corrected chi connectivity index (χ4v) is 0.832. The van der Waals surface area contributed by atoms with E-state index in [1.807, 2.05) is 6.92 Å². The van der Waals surface area contributed by atoms with Crippen LogP contribution >= 0.6 is 0 Å². The third kappa shape index (κ3) is 19.8. The topological polar surface area (TPSA) is 66.1 Å². The first-order chi connectivity index (χ1) is 6.66. The Morgan fingerprint density at radius 3 is 2.40 bits per heavy atom. The average molecular weight is 257 g/mol. The van der Waals surface area contributed by atoms with E-state index >= 15 is 0 Å². The number of quaternary nitrogens is 1. The van der Waals surface area contributed by atoms with Crippen molar-refractivity contribution in [1.29, 1.82) is 0 Å². The third-order valence-corrected chi connectivity index (χ3v) is 1.43. The van der Waals surface area contributed by atoms with Gasteiger partial charge in [0.2, 0.25) is 0 Å². The van der Waals surface area contributed by atoms with Crippen LogP contribution in [0.25, 0.3) is 0 Å². The van der Waals surface area contributed by atoms with Gasteiger partial charge >= 0.3 is 20.0 Å². The van der Waals surface area contributed by atoms with Crippen molar-refractivity contribution in [2.75, 3.05) is 33.7 Å². The predicted octanol–water partition coefficient (Wildman–Crippen LogP) is -0.627. The molecule has 0 bridgehead atoms. The minimum absolute atomic E-state index is 0. The number of hydrogen-bond donors (Lipinski definition) is 3. The minimum atomic E-state index is 0. The number of aliphatic imine (C=N–C) groups is 1. The zero-order chi connectivity index (χ0) is 11.4. The van der Waals surface area contributed by atoms with Crippen molar-refractivity contribution in [2.24, 2.45) is 4.99 Å². The molecule has 5 nitrogen and oxygen atoms in total. The molecule has 0 saturated carbocycles. The zero-order valence-electron chi connectivity index (χ0n) is 10.0. The number of hydrogen-bond acceptors (Lipinski definition) is 2. The van der Waals surface area contributed by atoms with Crippen LogP contribution in [-0.4, -0.2) is 44.9 Å².